The second-order valence-corrected chi connectivity index (χ2v) is 4.19. The van der Waals surface area contributed by atoms with Crippen molar-refractivity contribution < 1.29 is 13.9 Å². The van der Waals surface area contributed by atoms with Crippen LogP contribution >= 0.6 is 31.9 Å². The maximum Gasteiger partial charge on any atom is 0.384 e. The summed E-state index contributed by atoms with van der Waals surface area (Å²) in [6.45, 7) is 0. The van der Waals surface area contributed by atoms with Gasteiger partial charge in [-0.05, 0) is 44.0 Å². The molecule has 0 aliphatic heterocycles. The van der Waals surface area contributed by atoms with E-state index < -0.39 is 11.8 Å². The molecule has 78 valence electrons. The van der Waals surface area contributed by atoms with Gasteiger partial charge >= 0.3 is 5.97 Å². The predicted octanol–water partition coefficient (Wildman–Crippen LogP) is 2.88. The fraction of sp³-hybridized carbons (Fsp3) is 0.100. The van der Waals surface area contributed by atoms with Gasteiger partial charge in [0.25, 0.3) is 0 Å². The monoisotopic (exact) mass is 334 g/mol. The third-order valence-corrected chi connectivity index (χ3v) is 2.73. The lowest BCUT2D eigenvalue weighted by Gasteiger charge is -1.99. The summed E-state index contributed by atoms with van der Waals surface area (Å²) in [5.41, 5.74) is 0.502. The number of carbonyl (C=O) groups excluding carboxylic acids is 1. The molecule has 0 unspecified atom stereocenters. The minimum Gasteiger partial charge on any atom is -0.459 e. The van der Waals surface area contributed by atoms with Crippen molar-refractivity contribution in [3.63, 3.8) is 0 Å². The van der Waals surface area contributed by atoms with Crippen LogP contribution in [-0.2, 0) is 9.53 Å². The van der Waals surface area contributed by atoms with Gasteiger partial charge in [0, 0.05) is 14.9 Å². The van der Waals surface area contributed by atoms with Crippen molar-refractivity contribution in [3.05, 3.63) is 32.5 Å². The van der Waals surface area contributed by atoms with Crippen LogP contribution in [0.4, 0.5) is 4.39 Å². The topological polar surface area (TPSA) is 26.3 Å². The first-order valence-corrected chi connectivity index (χ1v) is 5.37. The first-order valence-electron chi connectivity index (χ1n) is 3.79. The summed E-state index contributed by atoms with van der Waals surface area (Å²) in [7, 11) is 1.24. The van der Waals surface area contributed by atoms with Crippen LogP contribution in [0.15, 0.2) is 21.1 Å². The van der Waals surface area contributed by atoms with Crippen LogP contribution in [0, 0.1) is 17.7 Å². The number of halogens is 3. The van der Waals surface area contributed by atoms with E-state index in [4.69, 9.17) is 0 Å². The number of ether oxygens (including phenoxy) is 1. The highest BCUT2D eigenvalue weighted by molar-refractivity contribution is 9.11. The lowest BCUT2D eigenvalue weighted by atomic mass is 10.2. The normalized spacial score (nSPS) is 9.07. The molecule has 0 amide bonds. The number of carbonyl (C=O) groups is 1. The Labute approximate surface area is 103 Å². The van der Waals surface area contributed by atoms with Gasteiger partial charge in [0.1, 0.15) is 5.82 Å². The molecule has 0 radical (unpaired) electrons. The summed E-state index contributed by atoms with van der Waals surface area (Å²) in [5, 5.41) is 0. The molecular formula is C10H5Br2FO2. The molecule has 0 heterocycles. The van der Waals surface area contributed by atoms with Crippen molar-refractivity contribution in [3.8, 4) is 11.8 Å². The Bertz CT molecular complexity index is 437. The van der Waals surface area contributed by atoms with Crippen molar-refractivity contribution in [2.75, 3.05) is 7.11 Å². The molecule has 0 spiro atoms. The van der Waals surface area contributed by atoms with E-state index in [1.807, 2.05) is 0 Å². The molecule has 0 bridgehead atoms. The van der Waals surface area contributed by atoms with Crippen molar-refractivity contribution in [1.82, 2.24) is 0 Å². The molecule has 0 fully saturated rings. The maximum absolute atomic E-state index is 12.9. The molecule has 2 nitrogen and oxygen atoms in total. The summed E-state index contributed by atoms with van der Waals surface area (Å²) in [5.74, 6) is 3.80. The first-order chi connectivity index (χ1) is 7.04. The minimum atomic E-state index is -0.641. The van der Waals surface area contributed by atoms with E-state index in [1.54, 1.807) is 0 Å². The van der Waals surface area contributed by atoms with Crippen molar-refractivity contribution in [1.29, 1.82) is 0 Å². The fourth-order valence-electron chi connectivity index (χ4n) is 0.826. The van der Waals surface area contributed by atoms with E-state index in [2.05, 4.69) is 48.4 Å². The molecular weight excluding hydrogens is 331 g/mol. The number of benzene rings is 1. The molecule has 0 aromatic heterocycles. The van der Waals surface area contributed by atoms with Gasteiger partial charge in [-0.1, -0.05) is 5.92 Å². The second-order valence-electron chi connectivity index (χ2n) is 2.49. The fourth-order valence-corrected chi connectivity index (χ4v) is 2.16. The summed E-state index contributed by atoms with van der Waals surface area (Å²) in [4.78, 5) is 10.8. The van der Waals surface area contributed by atoms with Crippen LogP contribution in [0.25, 0.3) is 0 Å². The number of hydrogen-bond donors (Lipinski definition) is 0. The van der Waals surface area contributed by atoms with E-state index in [-0.39, 0.29) is 0 Å². The maximum atomic E-state index is 12.9. The Hall–Kier alpha value is -0.860. The summed E-state index contributed by atoms with van der Waals surface area (Å²) < 4.78 is 18.2. The lowest BCUT2D eigenvalue weighted by Crippen LogP contribution is -1.95. The zero-order valence-corrected chi connectivity index (χ0v) is 10.8. The molecule has 1 rings (SSSR count). The Morgan fingerprint density at radius 1 is 1.40 bits per heavy atom. The largest absolute Gasteiger partial charge is 0.459 e. The van der Waals surface area contributed by atoms with Crippen LogP contribution in [0.1, 0.15) is 5.56 Å². The third kappa shape index (κ3) is 3.33. The van der Waals surface area contributed by atoms with Crippen LogP contribution in [0.5, 0.6) is 0 Å². The Kier molecular flexibility index (Phi) is 4.30. The summed E-state index contributed by atoms with van der Waals surface area (Å²) in [6, 6.07) is 2.54. The molecule has 15 heavy (non-hydrogen) atoms. The molecule has 0 atom stereocenters. The van der Waals surface area contributed by atoms with Gasteiger partial charge in [0.2, 0.25) is 0 Å². The molecule has 0 N–H and O–H groups in total. The Morgan fingerprint density at radius 2 is 1.93 bits per heavy atom. The SMILES string of the molecule is COC(=O)C#Cc1c(Br)cc(F)cc1Br. The van der Waals surface area contributed by atoms with Gasteiger partial charge in [-0.25, -0.2) is 9.18 Å². The van der Waals surface area contributed by atoms with E-state index in [1.165, 1.54) is 19.2 Å². The molecule has 1 aromatic rings. The Balaban J connectivity index is 3.14. The van der Waals surface area contributed by atoms with Gasteiger partial charge in [-0.3, -0.25) is 0 Å². The zero-order chi connectivity index (χ0) is 11.4. The highest BCUT2D eigenvalue weighted by Gasteiger charge is 2.05. The van der Waals surface area contributed by atoms with Crippen molar-refractivity contribution in [2.24, 2.45) is 0 Å². The smallest absolute Gasteiger partial charge is 0.384 e. The minimum absolute atomic E-state index is 0.391. The Morgan fingerprint density at radius 3 is 2.40 bits per heavy atom. The van der Waals surface area contributed by atoms with Crippen LogP contribution in [-0.4, -0.2) is 13.1 Å². The first kappa shape index (κ1) is 12.2. The average molecular weight is 336 g/mol. The number of hydrogen-bond acceptors (Lipinski definition) is 2. The van der Waals surface area contributed by atoms with Crippen LogP contribution in [0.3, 0.4) is 0 Å². The third-order valence-electron chi connectivity index (χ3n) is 1.48. The van der Waals surface area contributed by atoms with E-state index in [0.717, 1.165) is 0 Å². The van der Waals surface area contributed by atoms with Gasteiger partial charge in [-0.2, -0.15) is 0 Å². The van der Waals surface area contributed by atoms with Crippen LogP contribution < -0.4 is 0 Å². The van der Waals surface area contributed by atoms with E-state index >= 15 is 0 Å². The highest BCUT2D eigenvalue weighted by Crippen LogP contribution is 2.25. The molecule has 1 aromatic carbocycles. The molecule has 0 saturated heterocycles. The average Bonchev–Trinajstić information content (AvgIpc) is 2.15. The van der Waals surface area contributed by atoms with Gasteiger partial charge in [0.15, 0.2) is 0 Å². The van der Waals surface area contributed by atoms with Crippen molar-refractivity contribution >= 4 is 37.8 Å². The zero-order valence-electron chi connectivity index (χ0n) is 7.61. The number of rotatable bonds is 0. The molecule has 0 aliphatic rings. The van der Waals surface area contributed by atoms with Gasteiger partial charge < -0.3 is 4.74 Å². The molecule has 0 aliphatic carbocycles. The van der Waals surface area contributed by atoms with Gasteiger partial charge in [0.05, 0.1) is 12.7 Å². The molecule has 5 heteroatoms. The van der Waals surface area contributed by atoms with E-state index in [9.17, 15) is 9.18 Å². The van der Waals surface area contributed by atoms with Crippen LogP contribution in [0.2, 0.25) is 0 Å². The summed E-state index contributed by atoms with van der Waals surface area (Å²) in [6.07, 6.45) is 0. The lowest BCUT2D eigenvalue weighted by molar-refractivity contribution is -0.133. The predicted molar refractivity (Wildman–Crippen MR) is 60.7 cm³/mol. The van der Waals surface area contributed by atoms with E-state index in [0.29, 0.717) is 14.5 Å². The standard InChI is InChI=1S/C10H5Br2FO2/c1-15-10(14)3-2-7-8(11)4-6(13)5-9(7)12/h4-5H,1H3. The second kappa shape index (κ2) is 5.29. The summed E-state index contributed by atoms with van der Waals surface area (Å²) >= 11 is 6.29. The number of methoxy groups -OCH3 is 1. The molecule has 0 saturated carbocycles. The number of esters is 1. The van der Waals surface area contributed by atoms with Gasteiger partial charge in [-0.15, -0.1) is 0 Å². The quantitative estimate of drug-likeness (QED) is 0.538. The highest BCUT2D eigenvalue weighted by atomic mass is 79.9. The van der Waals surface area contributed by atoms with Crippen molar-refractivity contribution in [2.45, 2.75) is 0 Å².